The molecule has 0 fully saturated rings. The molecule has 0 aliphatic rings. The zero-order valence-corrected chi connectivity index (χ0v) is 9.93. The fourth-order valence-electron chi connectivity index (χ4n) is 1.68. The summed E-state index contributed by atoms with van der Waals surface area (Å²) in [6.45, 7) is 0.993. The molecule has 1 amide bonds. The van der Waals surface area contributed by atoms with Gasteiger partial charge in [0.1, 0.15) is 5.75 Å². The van der Waals surface area contributed by atoms with Crippen LogP contribution in [0, 0.1) is 0 Å². The number of hydrogen-bond donors (Lipinski definition) is 2. The second-order valence-corrected chi connectivity index (χ2v) is 3.90. The number of aromatic nitrogens is 1. The van der Waals surface area contributed by atoms with Crippen LogP contribution in [0.25, 0.3) is 10.9 Å². The maximum absolute atomic E-state index is 11.4. The number of nitrogens with two attached hydrogens (primary N) is 2. The highest BCUT2D eigenvalue weighted by atomic mass is 16.5. The molecule has 1 aromatic carbocycles. The van der Waals surface area contributed by atoms with Crippen LogP contribution in [0.1, 0.15) is 16.8 Å². The zero-order valence-electron chi connectivity index (χ0n) is 9.93. The molecule has 5 heteroatoms. The van der Waals surface area contributed by atoms with Crippen molar-refractivity contribution in [2.75, 3.05) is 13.2 Å². The molecule has 0 unspecified atom stereocenters. The third-order valence-electron chi connectivity index (χ3n) is 2.58. The van der Waals surface area contributed by atoms with Crippen molar-refractivity contribution in [2.24, 2.45) is 11.5 Å². The third-order valence-corrected chi connectivity index (χ3v) is 2.58. The number of amides is 1. The predicted molar refractivity (Wildman–Crippen MR) is 69.4 cm³/mol. The molecule has 2 aromatic rings. The Balaban J connectivity index is 2.41. The number of nitrogens with zero attached hydrogens (tertiary/aromatic N) is 1. The van der Waals surface area contributed by atoms with Crippen LogP contribution in [0.5, 0.6) is 5.75 Å². The Morgan fingerprint density at radius 2 is 2.22 bits per heavy atom. The van der Waals surface area contributed by atoms with E-state index in [0.29, 0.717) is 24.5 Å². The van der Waals surface area contributed by atoms with Gasteiger partial charge in [-0.3, -0.25) is 9.78 Å². The van der Waals surface area contributed by atoms with Gasteiger partial charge in [-0.1, -0.05) is 6.07 Å². The average Bonchev–Trinajstić information content (AvgIpc) is 2.38. The number of primary amides is 1. The van der Waals surface area contributed by atoms with E-state index in [1.54, 1.807) is 18.3 Å². The number of pyridine rings is 1. The summed E-state index contributed by atoms with van der Waals surface area (Å²) in [5.41, 5.74) is 11.9. The lowest BCUT2D eigenvalue weighted by Gasteiger charge is -2.10. The number of carbonyl (C=O) groups is 1. The van der Waals surface area contributed by atoms with Crippen LogP contribution in [0.15, 0.2) is 30.5 Å². The van der Waals surface area contributed by atoms with Crippen molar-refractivity contribution >= 4 is 16.8 Å². The molecule has 1 aromatic heterocycles. The molecule has 0 bridgehead atoms. The van der Waals surface area contributed by atoms with Crippen molar-refractivity contribution in [3.63, 3.8) is 0 Å². The quantitative estimate of drug-likeness (QED) is 0.770. The van der Waals surface area contributed by atoms with E-state index in [1.165, 1.54) is 0 Å². The number of benzene rings is 1. The molecule has 0 atom stereocenters. The Bertz CT molecular complexity index is 569. The van der Waals surface area contributed by atoms with Gasteiger partial charge in [0, 0.05) is 17.6 Å². The van der Waals surface area contributed by atoms with Crippen molar-refractivity contribution in [3.8, 4) is 5.75 Å². The summed E-state index contributed by atoms with van der Waals surface area (Å²) in [5, 5.41) is 0.859. The van der Waals surface area contributed by atoms with Gasteiger partial charge in [0.15, 0.2) is 0 Å². The molecule has 0 aliphatic heterocycles. The van der Waals surface area contributed by atoms with Gasteiger partial charge in [0.25, 0.3) is 5.91 Å². The van der Waals surface area contributed by atoms with Gasteiger partial charge in [-0.05, 0) is 25.1 Å². The molecule has 0 aliphatic carbocycles. The van der Waals surface area contributed by atoms with Crippen LogP contribution in [0.2, 0.25) is 0 Å². The van der Waals surface area contributed by atoms with Crippen LogP contribution in [0.3, 0.4) is 0 Å². The fourth-order valence-corrected chi connectivity index (χ4v) is 1.68. The van der Waals surface area contributed by atoms with E-state index < -0.39 is 5.91 Å². The molecule has 94 valence electrons. The number of ether oxygens (including phenoxy) is 1. The summed E-state index contributed by atoms with van der Waals surface area (Å²) in [6.07, 6.45) is 2.41. The molecule has 0 radical (unpaired) electrons. The monoisotopic (exact) mass is 245 g/mol. The standard InChI is InChI=1S/C13H15N3O2/c14-4-2-6-18-12-8-11-9(3-1-5-16-11)7-10(12)13(15)17/h1,3,5,7-8H,2,4,6,14H2,(H2,15,17). The molecule has 0 spiro atoms. The van der Waals surface area contributed by atoms with Crippen molar-refractivity contribution in [1.29, 1.82) is 0 Å². The Kier molecular flexibility index (Phi) is 3.74. The van der Waals surface area contributed by atoms with Crippen LogP contribution in [-0.4, -0.2) is 24.0 Å². The smallest absolute Gasteiger partial charge is 0.252 e. The molecule has 18 heavy (non-hydrogen) atoms. The number of rotatable bonds is 5. The van der Waals surface area contributed by atoms with E-state index in [-0.39, 0.29) is 0 Å². The van der Waals surface area contributed by atoms with Gasteiger partial charge in [0.05, 0.1) is 17.7 Å². The second-order valence-electron chi connectivity index (χ2n) is 3.90. The van der Waals surface area contributed by atoms with E-state index in [1.807, 2.05) is 12.1 Å². The van der Waals surface area contributed by atoms with E-state index in [9.17, 15) is 4.79 Å². The van der Waals surface area contributed by atoms with E-state index in [0.717, 1.165) is 17.3 Å². The summed E-state index contributed by atoms with van der Waals surface area (Å²) in [6, 6.07) is 7.11. The summed E-state index contributed by atoms with van der Waals surface area (Å²) >= 11 is 0. The highest BCUT2D eigenvalue weighted by molar-refractivity contribution is 6.00. The Morgan fingerprint density at radius 1 is 1.39 bits per heavy atom. The minimum Gasteiger partial charge on any atom is -0.493 e. The highest BCUT2D eigenvalue weighted by Crippen LogP contribution is 2.24. The molecular weight excluding hydrogens is 230 g/mol. The molecule has 4 N–H and O–H groups in total. The topological polar surface area (TPSA) is 91.2 Å². The normalized spacial score (nSPS) is 10.5. The first kappa shape index (κ1) is 12.3. The van der Waals surface area contributed by atoms with Crippen molar-refractivity contribution < 1.29 is 9.53 Å². The molecule has 0 saturated carbocycles. The van der Waals surface area contributed by atoms with Crippen LogP contribution < -0.4 is 16.2 Å². The number of carbonyl (C=O) groups excluding carboxylic acids is 1. The van der Waals surface area contributed by atoms with Gasteiger partial charge in [-0.25, -0.2) is 0 Å². The highest BCUT2D eigenvalue weighted by Gasteiger charge is 2.11. The van der Waals surface area contributed by atoms with Crippen LogP contribution >= 0.6 is 0 Å². The van der Waals surface area contributed by atoms with E-state index in [2.05, 4.69) is 4.98 Å². The van der Waals surface area contributed by atoms with Crippen molar-refractivity contribution in [3.05, 3.63) is 36.0 Å². The predicted octanol–water partition coefficient (Wildman–Crippen LogP) is 1.06. The lowest BCUT2D eigenvalue weighted by atomic mass is 10.1. The summed E-state index contributed by atoms with van der Waals surface area (Å²) in [5.74, 6) is -0.0503. The zero-order chi connectivity index (χ0) is 13.0. The van der Waals surface area contributed by atoms with Crippen molar-refractivity contribution in [1.82, 2.24) is 4.98 Å². The minimum atomic E-state index is -0.511. The molecular formula is C13H15N3O2. The Labute approximate surface area is 105 Å². The largest absolute Gasteiger partial charge is 0.493 e. The van der Waals surface area contributed by atoms with Crippen LogP contribution in [0.4, 0.5) is 0 Å². The van der Waals surface area contributed by atoms with Gasteiger partial charge >= 0.3 is 0 Å². The van der Waals surface area contributed by atoms with Gasteiger partial charge < -0.3 is 16.2 Å². The average molecular weight is 245 g/mol. The van der Waals surface area contributed by atoms with E-state index >= 15 is 0 Å². The lowest BCUT2D eigenvalue weighted by molar-refractivity contribution is 0.0996. The van der Waals surface area contributed by atoms with Gasteiger partial charge in [-0.15, -0.1) is 0 Å². The summed E-state index contributed by atoms with van der Waals surface area (Å²) < 4.78 is 5.53. The number of hydrogen-bond acceptors (Lipinski definition) is 4. The third kappa shape index (κ3) is 2.57. The molecule has 2 rings (SSSR count). The van der Waals surface area contributed by atoms with E-state index in [4.69, 9.17) is 16.2 Å². The molecule has 0 saturated heterocycles. The maximum Gasteiger partial charge on any atom is 0.252 e. The Hall–Kier alpha value is -2.14. The molecule has 5 nitrogen and oxygen atoms in total. The first-order valence-electron chi connectivity index (χ1n) is 5.74. The summed E-state index contributed by atoms with van der Waals surface area (Å²) in [7, 11) is 0. The van der Waals surface area contributed by atoms with Crippen LogP contribution in [-0.2, 0) is 0 Å². The molecule has 1 heterocycles. The first-order valence-corrected chi connectivity index (χ1v) is 5.74. The summed E-state index contributed by atoms with van der Waals surface area (Å²) in [4.78, 5) is 15.6. The SMILES string of the molecule is NCCCOc1cc2ncccc2cc1C(N)=O. The van der Waals surface area contributed by atoms with Gasteiger partial charge in [0.2, 0.25) is 0 Å². The lowest BCUT2D eigenvalue weighted by Crippen LogP contribution is -2.14. The maximum atomic E-state index is 11.4. The van der Waals surface area contributed by atoms with Gasteiger partial charge in [-0.2, -0.15) is 0 Å². The minimum absolute atomic E-state index is 0.368. The Morgan fingerprint density at radius 3 is 2.94 bits per heavy atom. The first-order chi connectivity index (χ1) is 8.72. The fraction of sp³-hybridized carbons (Fsp3) is 0.231. The second kappa shape index (κ2) is 5.46. The van der Waals surface area contributed by atoms with Crippen molar-refractivity contribution in [2.45, 2.75) is 6.42 Å². The number of fused-ring (bicyclic) bond motifs is 1.